The number of carbonyl (C=O) groups is 1. The zero-order valence-electron chi connectivity index (χ0n) is 9.82. The molecule has 0 saturated heterocycles. The van der Waals surface area contributed by atoms with Gasteiger partial charge in [-0.05, 0) is 18.1 Å². The first-order valence-corrected chi connectivity index (χ1v) is 6.32. The van der Waals surface area contributed by atoms with Crippen molar-refractivity contribution in [2.24, 2.45) is 0 Å². The van der Waals surface area contributed by atoms with Gasteiger partial charge in [-0.1, -0.05) is 25.5 Å². The minimum Gasteiger partial charge on any atom is -0.495 e. The van der Waals surface area contributed by atoms with Gasteiger partial charge in [0.05, 0.1) is 11.8 Å². The summed E-state index contributed by atoms with van der Waals surface area (Å²) in [6.07, 6.45) is 1.72. The highest BCUT2D eigenvalue weighted by molar-refractivity contribution is 7.21. The van der Waals surface area contributed by atoms with Gasteiger partial charge >= 0.3 is 5.97 Å². The van der Waals surface area contributed by atoms with Crippen LogP contribution >= 0.6 is 11.3 Å². The van der Waals surface area contributed by atoms with Gasteiger partial charge < -0.3 is 9.84 Å². The van der Waals surface area contributed by atoms with Crippen molar-refractivity contribution in [1.29, 1.82) is 0 Å². The van der Waals surface area contributed by atoms with Crippen molar-refractivity contribution in [1.82, 2.24) is 0 Å². The number of thiophene rings is 1. The van der Waals surface area contributed by atoms with E-state index in [1.807, 2.05) is 18.2 Å². The third-order valence-corrected chi connectivity index (χ3v) is 3.95. The van der Waals surface area contributed by atoms with E-state index in [4.69, 9.17) is 4.74 Å². The minimum absolute atomic E-state index is 0.436. The van der Waals surface area contributed by atoms with E-state index in [0.29, 0.717) is 4.88 Å². The predicted octanol–water partition coefficient (Wildman–Crippen LogP) is 3.56. The quantitative estimate of drug-likeness (QED) is 0.902. The standard InChI is InChI=1S/C13H14O3S/c1-3-5-8-9-6-4-7-10(16-2)11(9)17-12(8)13(14)15/h4,6-7H,3,5H2,1-2H3,(H,14,15). The first-order valence-electron chi connectivity index (χ1n) is 5.50. The van der Waals surface area contributed by atoms with Crippen molar-refractivity contribution in [2.75, 3.05) is 7.11 Å². The molecule has 1 aromatic heterocycles. The van der Waals surface area contributed by atoms with E-state index in [9.17, 15) is 9.90 Å². The van der Waals surface area contributed by atoms with Crippen LogP contribution in [0.5, 0.6) is 5.75 Å². The Labute approximate surface area is 104 Å². The Hall–Kier alpha value is -1.55. The van der Waals surface area contributed by atoms with Gasteiger partial charge in [-0.2, -0.15) is 0 Å². The number of hydrogen-bond acceptors (Lipinski definition) is 3. The molecule has 1 aromatic carbocycles. The Morgan fingerprint density at radius 2 is 2.24 bits per heavy atom. The predicted molar refractivity (Wildman–Crippen MR) is 69.3 cm³/mol. The molecule has 2 rings (SSSR count). The number of benzene rings is 1. The smallest absolute Gasteiger partial charge is 0.346 e. The molecule has 2 aromatic rings. The molecule has 0 unspecified atom stereocenters. The SMILES string of the molecule is CCCc1c(C(=O)O)sc2c(OC)cccc12. The molecule has 0 saturated carbocycles. The summed E-state index contributed by atoms with van der Waals surface area (Å²) in [5.41, 5.74) is 0.930. The van der Waals surface area contributed by atoms with Crippen molar-refractivity contribution < 1.29 is 14.6 Å². The number of hydrogen-bond donors (Lipinski definition) is 1. The van der Waals surface area contributed by atoms with Gasteiger partial charge in [-0.15, -0.1) is 11.3 Å². The maximum absolute atomic E-state index is 11.2. The number of aromatic carboxylic acids is 1. The zero-order valence-corrected chi connectivity index (χ0v) is 10.6. The van der Waals surface area contributed by atoms with E-state index in [1.165, 1.54) is 11.3 Å². The molecule has 0 aliphatic heterocycles. The van der Waals surface area contributed by atoms with Gasteiger partial charge in [0.1, 0.15) is 10.6 Å². The summed E-state index contributed by atoms with van der Waals surface area (Å²) < 4.78 is 6.20. The van der Waals surface area contributed by atoms with Gasteiger partial charge in [-0.25, -0.2) is 4.79 Å². The fraction of sp³-hybridized carbons (Fsp3) is 0.308. The average molecular weight is 250 g/mol. The molecule has 0 atom stereocenters. The Bertz CT molecular complexity index is 557. The number of rotatable bonds is 4. The van der Waals surface area contributed by atoms with Crippen molar-refractivity contribution in [3.8, 4) is 5.75 Å². The molecule has 0 aliphatic rings. The molecular weight excluding hydrogens is 236 g/mol. The van der Waals surface area contributed by atoms with Crippen LogP contribution < -0.4 is 4.74 Å². The van der Waals surface area contributed by atoms with Crippen LogP contribution in [0.2, 0.25) is 0 Å². The minimum atomic E-state index is -0.850. The highest BCUT2D eigenvalue weighted by Crippen LogP contribution is 2.37. The maximum Gasteiger partial charge on any atom is 0.346 e. The second-order valence-electron chi connectivity index (χ2n) is 3.80. The number of carboxylic acids is 1. The third kappa shape index (κ3) is 2.00. The summed E-state index contributed by atoms with van der Waals surface area (Å²) in [5, 5.41) is 10.2. The Balaban J connectivity index is 2.74. The van der Waals surface area contributed by atoms with E-state index in [2.05, 4.69) is 6.92 Å². The molecular formula is C13H14O3S. The summed E-state index contributed by atoms with van der Waals surface area (Å²) in [7, 11) is 1.61. The van der Waals surface area contributed by atoms with E-state index < -0.39 is 5.97 Å². The number of aryl methyl sites for hydroxylation is 1. The maximum atomic E-state index is 11.2. The van der Waals surface area contributed by atoms with Crippen LogP contribution in [0.4, 0.5) is 0 Å². The van der Waals surface area contributed by atoms with Crippen LogP contribution in [0, 0.1) is 0 Å². The van der Waals surface area contributed by atoms with Gasteiger partial charge in [0.15, 0.2) is 0 Å². The molecule has 1 heterocycles. The molecule has 0 bridgehead atoms. The normalized spacial score (nSPS) is 10.7. The number of ether oxygens (including phenoxy) is 1. The summed E-state index contributed by atoms with van der Waals surface area (Å²) in [6.45, 7) is 2.05. The molecule has 4 heteroatoms. The number of fused-ring (bicyclic) bond motifs is 1. The molecule has 0 spiro atoms. The molecule has 3 nitrogen and oxygen atoms in total. The lowest BCUT2D eigenvalue weighted by atomic mass is 10.1. The van der Waals surface area contributed by atoms with Crippen molar-refractivity contribution in [3.05, 3.63) is 28.6 Å². The van der Waals surface area contributed by atoms with Gasteiger partial charge in [0, 0.05) is 5.39 Å². The van der Waals surface area contributed by atoms with E-state index in [-0.39, 0.29) is 0 Å². The Morgan fingerprint density at radius 3 is 2.82 bits per heavy atom. The van der Waals surface area contributed by atoms with E-state index >= 15 is 0 Å². The molecule has 1 N–H and O–H groups in total. The van der Waals surface area contributed by atoms with Crippen molar-refractivity contribution in [3.63, 3.8) is 0 Å². The summed E-state index contributed by atoms with van der Waals surface area (Å²) in [4.78, 5) is 11.7. The Kier molecular flexibility index (Phi) is 3.33. The third-order valence-electron chi connectivity index (χ3n) is 2.70. The van der Waals surface area contributed by atoms with Crippen LogP contribution in [0.15, 0.2) is 18.2 Å². The lowest BCUT2D eigenvalue weighted by Gasteiger charge is -2.01. The first kappa shape index (κ1) is 11.9. The van der Waals surface area contributed by atoms with Gasteiger partial charge in [-0.3, -0.25) is 0 Å². The average Bonchev–Trinajstić information content (AvgIpc) is 2.69. The molecule has 0 radical (unpaired) electrons. The van der Waals surface area contributed by atoms with Crippen LogP contribution in [-0.2, 0) is 6.42 Å². The second-order valence-corrected chi connectivity index (χ2v) is 4.82. The van der Waals surface area contributed by atoms with E-state index in [0.717, 1.165) is 34.2 Å². The molecule has 17 heavy (non-hydrogen) atoms. The second kappa shape index (κ2) is 4.75. The van der Waals surface area contributed by atoms with Gasteiger partial charge in [0.25, 0.3) is 0 Å². The monoisotopic (exact) mass is 250 g/mol. The van der Waals surface area contributed by atoms with Crippen LogP contribution in [0.3, 0.4) is 0 Å². The fourth-order valence-electron chi connectivity index (χ4n) is 1.98. The summed E-state index contributed by atoms with van der Waals surface area (Å²) in [5.74, 6) is -0.103. The van der Waals surface area contributed by atoms with Crippen molar-refractivity contribution in [2.45, 2.75) is 19.8 Å². The van der Waals surface area contributed by atoms with E-state index in [1.54, 1.807) is 7.11 Å². The van der Waals surface area contributed by atoms with Crippen LogP contribution in [-0.4, -0.2) is 18.2 Å². The highest BCUT2D eigenvalue weighted by atomic mass is 32.1. The molecule has 90 valence electrons. The fourth-order valence-corrected chi connectivity index (χ4v) is 3.16. The summed E-state index contributed by atoms with van der Waals surface area (Å²) >= 11 is 1.30. The topological polar surface area (TPSA) is 46.5 Å². The lowest BCUT2D eigenvalue weighted by molar-refractivity contribution is 0.0701. The van der Waals surface area contributed by atoms with Gasteiger partial charge in [0.2, 0.25) is 0 Å². The summed E-state index contributed by atoms with van der Waals surface area (Å²) in [6, 6.07) is 5.73. The lowest BCUT2D eigenvalue weighted by Crippen LogP contribution is -1.97. The Morgan fingerprint density at radius 1 is 1.47 bits per heavy atom. The largest absolute Gasteiger partial charge is 0.495 e. The first-order chi connectivity index (χ1) is 8.19. The zero-order chi connectivity index (χ0) is 12.4. The number of methoxy groups -OCH3 is 1. The van der Waals surface area contributed by atoms with Crippen molar-refractivity contribution >= 4 is 27.4 Å². The highest BCUT2D eigenvalue weighted by Gasteiger charge is 2.18. The molecule has 0 amide bonds. The molecule has 0 aliphatic carbocycles. The molecule has 0 fully saturated rings. The number of carboxylic acid groups (broad SMARTS) is 1. The van der Waals surface area contributed by atoms with Crippen LogP contribution in [0.1, 0.15) is 28.6 Å². The van der Waals surface area contributed by atoms with Crippen LogP contribution in [0.25, 0.3) is 10.1 Å².